The van der Waals surface area contributed by atoms with Crippen molar-refractivity contribution in [2.45, 2.75) is 19.4 Å². The number of amides is 1. The molecule has 0 unspecified atom stereocenters. The zero-order chi connectivity index (χ0) is 19.1. The largest absolute Gasteiger partial charge is 0.497 e. The molecule has 1 aromatic heterocycles. The van der Waals surface area contributed by atoms with E-state index in [9.17, 15) is 9.18 Å². The zero-order valence-electron chi connectivity index (χ0n) is 15.1. The summed E-state index contributed by atoms with van der Waals surface area (Å²) in [5.41, 5.74) is 2.64. The average Bonchev–Trinajstić information content (AvgIpc) is 2.72. The Hall–Kier alpha value is -3.21. The number of rotatable bonds is 7. The molecule has 0 saturated heterocycles. The summed E-state index contributed by atoms with van der Waals surface area (Å²) in [6.45, 7) is 0.390. The molecule has 0 spiro atoms. The van der Waals surface area contributed by atoms with Crippen LogP contribution in [0.25, 0.3) is 0 Å². The molecule has 2 aromatic carbocycles. The summed E-state index contributed by atoms with van der Waals surface area (Å²) in [6.07, 6.45) is 4.39. The molecule has 0 fully saturated rings. The van der Waals surface area contributed by atoms with E-state index >= 15 is 0 Å². The van der Waals surface area contributed by atoms with Crippen LogP contribution in [-0.4, -0.2) is 18.0 Å². The Labute approximate surface area is 158 Å². The lowest BCUT2D eigenvalue weighted by atomic mass is 10.1. The lowest BCUT2D eigenvalue weighted by Crippen LogP contribution is -2.30. The topological polar surface area (TPSA) is 42.4 Å². The predicted octanol–water partition coefficient (Wildman–Crippen LogP) is 4.40. The van der Waals surface area contributed by atoms with Crippen molar-refractivity contribution < 1.29 is 13.9 Å². The van der Waals surface area contributed by atoms with Crippen molar-refractivity contribution in [3.8, 4) is 5.75 Å². The number of hydrogen-bond donors (Lipinski definition) is 0. The Kier molecular flexibility index (Phi) is 6.15. The number of anilines is 1. The third kappa shape index (κ3) is 5.14. The fourth-order valence-electron chi connectivity index (χ4n) is 2.80. The van der Waals surface area contributed by atoms with Gasteiger partial charge in [-0.25, -0.2) is 4.39 Å². The summed E-state index contributed by atoms with van der Waals surface area (Å²) in [4.78, 5) is 18.7. The fourth-order valence-corrected chi connectivity index (χ4v) is 2.80. The van der Waals surface area contributed by atoms with E-state index in [1.54, 1.807) is 36.5 Å². The predicted molar refractivity (Wildman–Crippen MR) is 103 cm³/mol. The number of carbonyl (C=O) groups excluding carboxylic acids is 1. The van der Waals surface area contributed by atoms with Crippen LogP contribution in [0.3, 0.4) is 0 Å². The number of nitrogens with zero attached hydrogens (tertiary/aromatic N) is 2. The number of ether oxygens (including phenoxy) is 1. The highest BCUT2D eigenvalue weighted by atomic mass is 19.1. The molecule has 0 saturated carbocycles. The number of halogens is 1. The highest BCUT2D eigenvalue weighted by molar-refractivity contribution is 5.93. The second-order valence-electron chi connectivity index (χ2n) is 6.17. The van der Waals surface area contributed by atoms with Crippen molar-refractivity contribution >= 4 is 11.6 Å². The van der Waals surface area contributed by atoms with E-state index in [0.29, 0.717) is 25.1 Å². The summed E-state index contributed by atoms with van der Waals surface area (Å²) < 4.78 is 18.4. The number of methoxy groups -OCH3 is 1. The average molecular weight is 364 g/mol. The lowest BCUT2D eigenvalue weighted by molar-refractivity contribution is -0.118. The molecular formula is C22H21FN2O2. The number of aryl methyl sites for hydroxylation is 1. The van der Waals surface area contributed by atoms with Crippen molar-refractivity contribution in [3.63, 3.8) is 0 Å². The molecule has 138 valence electrons. The van der Waals surface area contributed by atoms with Crippen LogP contribution in [0.4, 0.5) is 10.1 Å². The van der Waals surface area contributed by atoms with Gasteiger partial charge in [0.15, 0.2) is 0 Å². The van der Waals surface area contributed by atoms with Gasteiger partial charge in [0, 0.05) is 24.5 Å². The normalized spacial score (nSPS) is 10.4. The lowest BCUT2D eigenvalue weighted by Gasteiger charge is -2.23. The number of pyridine rings is 1. The van der Waals surface area contributed by atoms with Crippen LogP contribution in [-0.2, 0) is 17.8 Å². The monoisotopic (exact) mass is 364 g/mol. The van der Waals surface area contributed by atoms with E-state index in [4.69, 9.17) is 4.74 Å². The van der Waals surface area contributed by atoms with Gasteiger partial charge in [0.1, 0.15) is 11.6 Å². The highest BCUT2D eigenvalue weighted by Crippen LogP contribution is 2.20. The second-order valence-corrected chi connectivity index (χ2v) is 6.17. The zero-order valence-corrected chi connectivity index (χ0v) is 15.1. The van der Waals surface area contributed by atoms with E-state index in [2.05, 4.69) is 4.98 Å². The Morgan fingerprint density at radius 3 is 2.41 bits per heavy atom. The van der Waals surface area contributed by atoms with Crippen molar-refractivity contribution in [1.82, 2.24) is 4.98 Å². The van der Waals surface area contributed by atoms with Gasteiger partial charge in [0.25, 0.3) is 0 Å². The molecule has 0 aliphatic heterocycles. The summed E-state index contributed by atoms with van der Waals surface area (Å²) in [6, 6.07) is 17.4. The minimum atomic E-state index is -0.328. The van der Waals surface area contributed by atoms with Gasteiger partial charge in [-0.3, -0.25) is 9.78 Å². The van der Waals surface area contributed by atoms with Crippen molar-refractivity contribution in [1.29, 1.82) is 0 Å². The van der Waals surface area contributed by atoms with Crippen LogP contribution in [0, 0.1) is 5.82 Å². The van der Waals surface area contributed by atoms with E-state index in [1.165, 1.54) is 12.1 Å². The first-order valence-corrected chi connectivity index (χ1v) is 8.73. The quantitative estimate of drug-likeness (QED) is 0.624. The number of hydrogen-bond acceptors (Lipinski definition) is 3. The molecule has 0 aliphatic carbocycles. The van der Waals surface area contributed by atoms with Gasteiger partial charge in [-0.15, -0.1) is 0 Å². The smallest absolute Gasteiger partial charge is 0.227 e. The third-order valence-corrected chi connectivity index (χ3v) is 4.29. The van der Waals surface area contributed by atoms with Crippen molar-refractivity contribution in [3.05, 3.63) is 90.0 Å². The summed E-state index contributed by atoms with van der Waals surface area (Å²) in [5.74, 6) is 0.432. The second kappa shape index (κ2) is 8.94. The SMILES string of the molecule is COc1ccc(CCC(=O)N(Cc2cccnc2)c2ccc(F)cc2)cc1. The van der Waals surface area contributed by atoms with E-state index in [0.717, 1.165) is 16.9 Å². The number of aromatic nitrogens is 1. The van der Waals surface area contributed by atoms with E-state index in [1.807, 2.05) is 36.4 Å². The maximum atomic E-state index is 13.3. The molecule has 3 rings (SSSR count). The minimum Gasteiger partial charge on any atom is -0.497 e. The molecule has 27 heavy (non-hydrogen) atoms. The van der Waals surface area contributed by atoms with Gasteiger partial charge in [0.05, 0.1) is 13.7 Å². The van der Waals surface area contributed by atoms with Gasteiger partial charge in [0.2, 0.25) is 5.91 Å². The molecule has 1 heterocycles. The van der Waals surface area contributed by atoms with Crippen LogP contribution >= 0.6 is 0 Å². The summed E-state index contributed by atoms with van der Waals surface area (Å²) >= 11 is 0. The molecule has 0 N–H and O–H groups in total. The molecular weight excluding hydrogens is 343 g/mol. The third-order valence-electron chi connectivity index (χ3n) is 4.29. The van der Waals surface area contributed by atoms with Crippen LogP contribution in [0.5, 0.6) is 5.75 Å². The van der Waals surface area contributed by atoms with Crippen molar-refractivity contribution in [2.75, 3.05) is 12.0 Å². The Morgan fingerprint density at radius 2 is 1.78 bits per heavy atom. The molecule has 0 radical (unpaired) electrons. The number of carbonyl (C=O) groups is 1. The highest BCUT2D eigenvalue weighted by Gasteiger charge is 2.16. The standard InChI is InChI=1S/C22H21FN2O2/c1-27-21-11-4-17(5-12-21)6-13-22(26)25(16-18-3-2-14-24-15-18)20-9-7-19(23)8-10-20/h2-5,7-12,14-15H,6,13,16H2,1H3. The van der Waals surface area contributed by atoms with Crippen LogP contribution in [0.15, 0.2) is 73.1 Å². The molecule has 3 aromatic rings. The van der Waals surface area contributed by atoms with Crippen LogP contribution in [0.2, 0.25) is 0 Å². The van der Waals surface area contributed by atoms with Gasteiger partial charge < -0.3 is 9.64 Å². The van der Waals surface area contributed by atoms with Crippen LogP contribution in [0.1, 0.15) is 17.5 Å². The summed E-state index contributed by atoms with van der Waals surface area (Å²) in [5, 5.41) is 0. The van der Waals surface area contributed by atoms with E-state index in [-0.39, 0.29) is 11.7 Å². The minimum absolute atomic E-state index is 0.0266. The molecule has 0 atom stereocenters. The van der Waals surface area contributed by atoms with Gasteiger partial charge in [-0.2, -0.15) is 0 Å². The fraction of sp³-hybridized carbons (Fsp3) is 0.182. The molecule has 0 aliphatic rings. The van der Waals surface area contributed by atoms with Crippen molar-refractivity contribution in [2.24, 2.45) is 0 Å². The van der Waals surface area contributed by atoms with Gasteiger partial charge in [-0.1, -0.05) is 18.2 Å². The van der Waals surface area contributed by atoms with Crippen LogP contribution < -0.4 is 9.64 Å². The van der Waals surface area contributed by atoms with E-state index < -0.39 is 0 Å². The number of benzene rings is 2. The Morgan fingerprint density at radius 1 is 1.04 bits per heavy atom. The maximum Gasteiger partial charge on any atom is 0.227 e. The van der Waals surface area contributed by atoms with Gasteiger partial charge in [-0.05, 0) is 60.0 Å². The summed E-state index contributed by atoms with van der Waals surface area (Å²) in [7, 11) is 1.62. The first-order valence-electron chi connectivity index (χ1n) is 8.73. The van der Waals surface area contributed by atoms with Gasteiger partial charge >= 0.3 is 0 Å². The Bertz CT molecular complexity index is 865. The maximum absolute atomic E-state index is 13.3. The molecule has 0 bridgehead atoms. The first-order chi connectivity index (χ1) is 13.2. The molecule has 5 heteroatoms. The first kappa shape index (κ1) is 18.6. The molecule has 1 amide bonds. The molecule has 4 nitrogen and oxygen atoms in total. The Balaban J connectivity index is 1.74.